The molecule has 1 saturated heterocycles. The van der Waals surface area contributed by atoms with E-state index in [-0.39, 0.29) is 0 Å². The van der Waals surface area contributed by atoms with Gasteiger partial charge < -0.3 is 15.4 Å². The quantitative estimate of drug-likeness (QED) is 0.801. The lowest BCUT2D eigenvalue weighted by atomic mass is 10.4. The first-order chi connectivity index (χ1) is 7.40. The first-order valence-corrected chi connectivity index (χ1v) is 5.45. The van der Waals surface area contributed by atoms with E-state index in [4.69, 9.17) is 10.5 Å². The molecule has 1 fully saturated rings. The summed E-state index contributed by atoms with van der Waals surface area (Å²) in [5, 5.41) is 0. The molecule has 4 heteroatoms. The van der Waals surface area contributed by atoms with Gasteiger partial charge in [-0.25, -0.2) is 0 Å². The van der Waals surface area contributed by atoms with Gasteiger partial charge in [-0.05, 0) is 18.9 Å². The first-order valence-electron chi connectivity index (χ1n) is 5.45. The van der Waals surface area contributed by atoms with Gasteiger partial charge in [-0.15, -0.1) is 0 Å². The van der Waals surface area contributed by atoms with Crippen molar-refractivity contribution in [2.24, 2.45) is 5.73 Å². The lowest BCUT2D eigenvalue weighted by Crippen LogP contribution is -2.19. The van der Waals surface area contributed by atoms with Crippen LogP contribution >= 0.6 is 0 Å². The van der Waals surface area contributed by atoms with Crippen molar-refractivity contribution in [3.8, 4) is 5.88 Å². The lowest BCUT2D eigenvalue weighted by Gasteiger charge is -2.16. The van der Waals surface area contributed by atoms with Crippen LogP contribution in [0.15, 0.2) is 18.2 Å². The summed E-state index contributed by atoms with van der Waals surface area (Å²) in [6.45, 7) is 3.26. The molecule has 2 rings (SSSR count). The van der Waals surface area contributed by atoms with E-state index in [2.05, 4.69) is 9.88 Å². The Balaban J connectivity index is 2.04. The minimum atomic E-state index is 0.523. The van der Waals surface area contributed by atoms with Crippen molar-refractivity contribution >= 4 is 5.82 Å². The number of nitrogens with zero attached hydrogens (tertiary/aromatic N) is 2. The van der Waals surface area contributed by atoms with Gasteiger partial charge in [0.2, 0.25) is 5.88 Å². The Morgan fingerprint density at radius 3 is 2.87 bits per heavy atom. The molecule has 82 valence electrons. The van der Waals surface area contributed by atoms with Crippen LogP contribution in [-0.2, 0) is 0 Å². The van der Waals surface area contributed by atoms with Gasteiger partial charge in [0.25, 0.3) is 0 Å². The Hall–Kier alpha value is -1.29. The molecule has 15 heavy (non-hydrogen) atoms. The van der Waals surface area contributed by atoms with Crippen molar-refractivity contribution in [1.29, 1.82) is 0 Å². The van der Waals surface area contributed by atoms with Gasteiger partial charge in [-0.3, -0.25) is 0 Å². The zero-order valence-electron chi connectivity index (χ0n) is 8.85. The average molecular weight is 207 g/mol. The van der Waals surface area contributed by atoms with Gasteiger partial charge in [-0.2, -0.15) is 4.98 Å². The maximum absolute atomic E-state index is 5.39. The van der Waals surface area contributed by atoms with E-state index in [9.17, 15) is 0 Å². The molecule has 0 amide bonds. The molecule has 0 saturated carbocycles. The monoisotopic (exact) mass is 207 g/mol. The zero-order chi connectivity index (χ0) is 10.5. The van der Waals surface area contributed by atoms with Crippen LogP contribution in [0.4, 0.5) is 5.82 Å². The fraction of sp³-hybridized carbons (Fsp3) is 0.545. The number of anilines is 1. The Morgan fingerprint density at radius 1 is 1.33 bits per heavy atom. The van der Waals surface area contributed by atoms with E-state index >= 15 is 0 Å². The summed E-state index contributed by atoms with van der Waals surface area (Å²) in [5.41, 5.74) is 5.37. The highest BCUT2D eigenvalue weighted by molar-refractivity contribution is 5.41. The summed E-state index contributed by atoms with van der Waals surface area (Å²) in [5.74, 6) is 1.69. The molecule has 0 bridgehead atoms. The van der Waals surface area contributed by atoms with Crippen molar-refractivity contribution in [2.45, 2.75) is 12.8 Å². The number of rotatable bonds is 4. The summed E-state index contributed by atoms with van der Waals surface area (Å²) >= 11 is 0. The zero-order valence-corrected chi connectivity index (χ0v) is 8.85. The predicted molar refractivity (Wildman–Crippen MR) is 60.2 cm³/mol. The van der Waals surface area contributed by atoms with Gasteiger partial charge in [0.15, 0.2) is 0 Å². The molecular formula is C11H17N3O. The van der Waals surface area contributed by atoms with Crippen molar-refractivity contribution in [3.05, 3.63) is 18.2 Å². The topological polar surface area (TPSA) is 51.4 Å². The van der Waals surface area contributed by atoms with Gasteiger partial charge >= 0.3 is 0 Å². The highest BCUT2D eigenvalue weighted by atomic mass is 16.5. The van der Waals surface area contributed by atoms with Crippen LogP contribution in [0.5, 0.6) is 5.88 Å². The summed E-state index contributed by atoms with van der Waals surface area (Å²) < 4.78 is 5.39. The molecule has 1 aromatic heterocycles. The van der Waals surface area contributed by atoms with Gasteiger partial charge in [0.05, 0.1) is 0 Å². The van der Waals surface area contributed by atoms with Crippen LogP contribution in [0.1, 0.15) is 12.8 Å². The van der Waals surface area contributed by atoms with E-state index in [0.29, 0.717) is 19.0 Å². The largest absolute Gasteiger partial charge is 0.476 e. The number of pyridine rings is 1. The van der Waals surface area contributed by atoms with E-state index in [1.807, 2.05) is 18.2 Å². The van der Waals surface area contributed by atoms with Crippen molar-refractivity contribution in [3.63, 3.8) is 0 Å². The SMILES string of the molecule is NCCOc1cccc(N2CCCC2)n1. The second-order valence-corrected chi connectivity index (χ2v) is 3.67. The minimum Gasteiger partial charge on any atom is -0.476 e. The fourth-order valence-corrected chi connectivity index (χ4v) is 1.77. The number of ether oxygens (including phenoxy) is 1. The molecule has 0 spiro atoms. The number of hydrogen-bond donors (Lipinski definition) is 1. The summed E-state index contributed by atoms with van der Waals surface area (Å²) in [7, 11) is 0. The van der Waals surface area contributed by atoms with Crippen LogP contribution in [0, 0.1) is 0 Å². The Bertz CT molecular complexity index is 310. The summed E-state index contributed by atoms with van der Waals surface area (Å²) in [4.78, 5) is 6.73. The maximum atomic E-state index is 5.39. The third kappa shape index (κ3) is 2.59. The Morgan fingerprint density at radius 2 is 2.13 bits per heavy atom. The van der Waals surface area contributed by atoms with Crippen LogP contribution in [0.25, 0.3) is 0 Å². The molecule has 0 radical (unpaired) electrons. The Kier molecular flexibility index (Phi) is 3.40. The molecule has 0 atom stereocenters. The number of aromatic nitrogens is 1. The lowest BCUT2D eigenvalue weighted by molar-refractivity contribution is 0.316. The van der Waals surface area contributed by atoms with Crippen molar-refractivity contribution in [2.75, 3.05) is 31.1 Å². The number of hydrogen-bond acceptors (Lipinski definition) is 4. The molecule has 2 N–H and O–H groups in total. The number of nitrogens with two attached hydrogens (primary N) is 1. The molecule has 0 aromatic carbocycles. The molecule has 1 aromatic rings. The van der Waals surface area contributed by atoms with E-state index in [0.717, 1.165) is 18.9 Å². The summed E-state index contributed by atoms with van der Waals surface area (Å²) in [6.07, 6.45) is 2.52. The standard InChI is InChI=1S/C11H17N3O/c12-6-9-15-11-5-3-4-10(13-11)14-7-1-2-8-14/h3-5H,1-2,6-9,12H2. The molecule has 4 nitrogen and oxygen atoms in total. The first kappa shape index (κ1) is 10.2. The van der Waals surface area contributed by atoms with Crippen molar-refractivity contribution < 1.29 is 4.74 Å². The third-order valence-corrected chi connectivity index (χ3v) is 2.51. The smallest absolute Gasteiger partial charge is 0.215 e. The van der Waals surface area contributed by atoms with E-state index < -0.39 is 0 Å². The Labute approximate surface area is 90.0 Å². The second-order valence-electron chi connectivity index (χ2n) is 3.67. The average Bonchev–Trinajstić information content (AvgIpc) is 2.80. The van der Waals surface area contributed by atoms with E-state index in [1.165, 1.54) is 12.8 Å². The minimum absolute atomic E-state index is 0.523. The highest BCUT2D eigenvalue weighted by Crippen LogP contribution is 2.20. The maximum Gasteiger partial charge on any atom is 0.215 e. The van der Waals surface area contributed by atoms with Crippen LogP contribution in [0.2, 0.25) is 0 Å². The molecule has 0 unspecified atom stereocenters. The normalized spacial score (nSPS) is 15.7. The molecule has 2 heterocycles. The fourth-order valence-electron chi connectivity index (χ4n) is 1.77. The summed E-state index contributed by atoms with van der Waals surface area (Å²) in [6, 6.07) is 5.88. The van der Waals surface area contributed by atoms with Crippen LogP contribution < -0.4 is 15.4 Å². The van der Waals surface area contributed by atoms with Gasteiger partial charge in [-0.1, -0.05) is 6.07 Å². The molecular weight excluding hydrogens is 190 g/mol. The second kappa shape index (κ2) is 4.98. The van der Waals surface area contributed by atoms with E-state index in [1.54, 1.807) is 0 Å². The van der Waals surface area contributed by atoms with Crippen molar-refractivity contribution in [1.82, 2.24) is 4.98 Å². The van der Waals surface area contributed by atoms with Crippen LogP contribution in [0.3, 0.4) is 0 Å². The molecule has 1 aliphatic heterocycles. The molecule has 1 aliphatic rings. The predicted octanol–water partition coefficient (Wildman–Crippen LogP) is 1.02. The van der Waals surface area contributed by atoms with Gasteiger partial charge in [0, 0.05) is 25.7 Å². The van der Waals surface area contributed by atoms with Gasteiger partial charge in [0.1, 0.15) is 12.4 Å². The molecule has 0 aliphatic carbocycles. The highest BCUT2D eigenvalue weighted by Gasteiger charge is 2.13. The van der Waals surface area contributed by atoms with Crippen LogP contribution in [-0.4, -0.2) is 31.2 Å². The third-order valence-electron chi connectivity index (χ3n) is 2.51.